The van der Waals surface area contributed by atoms with Crippen molar-refractivity contribution in [3.8, 4) is 5.75 Å². The number of phenolic OH excluding ortho intramolecular Hbond substituents is 1. The molecule has 0 bridgehead atoms. The highest BCUT2D eigenvalue weighted by atomic mass is 16.3. The number of guanidine groups is 1. The second kappa shape index (κ2) is 7.87. The zero-order valence-corrected chi connectivity index (χ0v) is 15.9. The Morgan fingerprint density at radius 1 is 1.15 bits per heavy atom. The molecule has 0 unspecified atom stereocenters. The Morgan fingerprint density at radius 3 is 2.65 bits per heavy atom. The van der Waals surface area contributed by atoms with Crippen LogP contribution in [0.5, 0.6) is 5.75 Å². The molecule has 1 aromatic carbocycles. The van der Waals surface area contributed by atoms with Gasteiger partial charge in [0, 0.05) is 44.3 Å². The van der Waals surface area contributed by atoms with E-state index in [4.69, 9.17) is 0 Å². The van der Waals surface area contributed by atoms with Gasteiger partial charge in [-0.25, -0.2) is 0 Å². The van der Waals surface area contributed by atoms with Gasteiger partial charge in [-0.05, 0) is 68.6 Å². The fourth-order valence-electron chi connectivity index (χ4n) is 4.50. The molecule has 2 fully saturated rings. The van der Waals surface area contributed by atoms with Gasteiger partial charge in [0.05, 0.1) is 0 Å². The van der Waals surface area contributed by atoms with Crippen LogP contribution in [0.3, 0.4) is 0 Å². The Balaban J connectivity index is 1.33. The Hall–Kier alpha value is -1.75. The molecule has 5 heteroatoms. The maximum atomic E-state index is 10.4. The molecule has 1 aliphatic heterocycles. The average molecular weight is 357 g/mol. The first-order valence-electron chi connectivity index (χ1n) is 10.3. The van der Waals surface area contributed by atoms with Crippen LogP contribution in [-0.4, -0.2) is 48.2 Å². The molecular weight excluding hydrogens is 324 g/mol. The van der Waals surface area contributed by atoms with Crippen LogP contribution in [0.25, 0.3) is 0 Å². The SMILES string of the molecule is CN=C(NCc1c(O)ccc2c1CCCC2)NC1CCN(C2CC2)CC1. The molecule has 1 saturated carbocycles. The molecule has 0 amide bonds. The molecule has 1 aromatic rings. The quantitative estimate of drug-likeness (QED) is 0.573. The second-order valence-electron chi connectivity index (χ2n) is 8.02. The van der Waals surface area contributed by atoms with E-state index in [1.165, 1.54) is 62.7 Å². The second-order valence-corrected chi connectivity index (χ2v) is 8.02. The van der Waals surface area contributed by atoms with Crippen molar-refractivity contribution in [2.45, 2.75) is 70.0 Å². The number of hydrogen-bond acceptors (Lipinski definition) is 3. The highest BCUT2D eigenvalue weighted by molar-refractivity contribution is 5.80. The third-order valence-electron chi connectivity index (χ3n) is 6.22. The minimum absolute atomic E-state index is 0.409. The summed E-state index contributed by atoms with van der Waals surface area (Å²) >= 11 is 0. The molecule has 3 aliphatic rings. The van der Waals surface area contributed by atoms with Crippen molar-refractivity contribution in [3.05, 3.63) is 28.8 Å². The standard InChI is InChI=1S/C21H32N4O/c1-22-21(24-16-10-12-25(13-11-16)17-7-8-17)23-14-19-18-5-3-2-4-15(18)6-9-20(19)26/h6,9,16-17,26H,2-5,7-8,10-14H2,1H3,(H2,22,23,24). The summed E-state index contributed by atoms with van der Waals surface area (Å²) in [5, 5.41) is 17.4. The molecule has 0 aromatic heterocycles. The van der Waals surface area contributed by atoms with Gasteiger partial charge < -0.3 is 20.6 Å². The van der Waals surface area contributed by atoms with Gasteiger partial charge in [0.15, 0.2) is 5.96 Å². The van der Waals surface area contributed by atoms with Gasteiger partial charge in [0.2, 0.25) is 0 Å². The number of aryl methyl sites for hydroxylation is 1. The molecule has 1 heterocycles. The molecule has 4 rings (SSSR count). The highest BCUT2D eigenvalue weighted by Gasteiger charge is 2.31. The molecule has 142 valence electrons. The summed E-state index contributed by atoms with van der Waals surface area (Å²) in [6, 6.07) is 5.31. The van der Waals surface area contributed by atoms with E-state index in [9.17, 15) is 5.11 Å². The molecule has 5 nitrogen and oxygen atoms in total. The Kier molecular flexibility index (Phi) is 5.34. The minimum atomic E-state index is 0.409. The van der Waals surface area contributed by atoms with E-state index in [-0.39, 0.29) is 0 Å². The number of likely N-dealkylation sites (tertiary alicyclic amines) is 1. The lowest BCUT2D eigenvalue weighted by Gasteiger charge is -2.33. The maximum absolute atomic E-state index is 10.4. The van der Waals surface area contributed by atoms with E-state index in [2.05, 4.69) is 26.6 Å². The third kappa shape index (κ3) is 3.98. The van der Waals surface area contributed by atoms with Crippen molar-refractivity contribution in [3.63, 3.8) is 0 Å². The zero-order valence-electron chi connectivity index (χ0n) is 15.9. The number of nitrogens with zero attached hydrogens (tertiary/aromatic N) is 2. The molecule has 0 radical (unpaired) electrons. The summed E-state index contributed by atoms with van der Waals surface area (Å²) in [6.45, 7) is 3.04. The molecule has 2 aliphatic carbocycles. The highest BCUT2D eigenvalue weighted by Crippen LogP contribution is 2.31. The number of piperidine rings is 1. The number of aliphatic imine (C=N–C) groups is 1. The Bertz CT molecular complexity index is 660. The fraction of sp³-hybridized carbons (Fsp3) is 0.667. The lowest BCUT2D eigenvalue weighted by Crippen LogP contribution is -2.48. The number of hydrogen-bond donors (Lipinski definition) is 3. The van der Waals surface area contributed by atoms with Crippen LogP contribution < -0.4 is 10.6 Å². The monoisotopic (exact) mass is 356 g/mol. The topological polar surface area (TPSA) is 59.9 Å². The normalized spacial score (nSPS) is 22.1. The first kappa shape index (κ1) is 17.7. The largest absolute Gasteiger partial charge is 0.508 e. The maximum Gasteiger partial charge on any atom is 0.191 e. The fourth-order valence-corrected chi connectivity index (χ4v) is 4.50. The number of benzene rings is 1. The van der Waals surface area contributed by atoms with Crippen molar-refractivity contribution in [1.82, 2.24) is 15.5 Å². The Morgan fingerprint density at radius 2 is 1.92 bits per heavy atom. The van der Waals surface area contributed by atoms with Crippen molar-refractivity contribution >= 4 is 5.96 Å². The molecular formula is C21H32N4O. The first-order chi connectivity index (χ1) is 12.7. The van der Waals surface area contributed by atoms with Gasteiger partial charge in [-0.1, -0.05) is 6.07 Å². The summed E-state index contributed by atoms with van der Waals surface area (Å²) < 4.78 is 0. The number of aromatic hydroxyl groups is 1. The van der Waals surface area contributed by atoms with Gasteiger partial charge in [-0.15, -0.1) is 0 Å². The van der Waals surface area contributed by atoms with E-state index in [1.807, 2.05) is 13.1 Å². The number of rotatable bonds is 4. The van der Waals surface area contributed by atoms with Crippen LogP contribution in [0.1, 0.15) is 55.2 Å². The molecule has 3 N–H and O–H groups in total. The van der Waals surface area contributed by atoms with Gasteiger partial charge in [-0.2, -0.15) is 0 Å². The van der Waals surface area contributed by atoms with Crippen LogP contribution in [-0.2, 0) is 19.4 Å². The van der Waals surface area contributed by atoms with Gasteiger partial charge in [-0.3, -0.25) is 4.99 Å². The van der Waals surface area contributed by atoms with E-state index in [0.29, 0.717) is 18.3 Å². The molecule has 1 saturated heterocycles. The van der Waals surface area contributed by atoms with Crippen molar-refractivity contribution in [1.29, 1.82) is 0 Å². The van der Waals surface area contributed by atoms with Crippen LogP contribution in [0.15, 0.2) is 17.1 Å². The lowest BCUT2D eigenvalue weighted by atomic mass is 9.88. The average Bonchev–Trinajstić information content (AvgIpc) is 3.52. The first-order valence-corrected chi connectivity index (χ1v) is 10.3. The van der Waals surface area contributed by atoms with E-state index in [0.717, 1.165) is 30.4 Å². The minimum Gasteiger partial charge on any atom is -0.508 e. The number of phenols is 1. The number of nitrogens with one attached hydrogen (secondary N) is 2. The van der Waals surface area contributed by atoms with E-state index in [1.54, 1.807) is 0 Å². The molecule has 0 spiro atoms. The van der Waals surface area contributed by atoms with Crippen molar-refractivity contribution < 1.29 is 5.11 Å². The summed E-state index contributed by atoms with van der Waals surface area (Å²) in [4.78, 5) is 7.05. The lowest BCUT2D eigenvalue weighted by molar-refractivity contribution is 0.197. The Labute approximate surface area is 156 Å². The third-order valence-corrected chi connectivity index (χ3v) is 6.22. The van der Waals surface area contributed by atoms with Crippen LogP contribution in [0.4, 0.5) is 0 Å². The smallest absolute Gasteiger partial charge is 0.191 e. The summed E-state index contributed by atoms with van der Waals surface area (Å²) in [5.41, 5.74) is 3.80. The van der Waals surface area contributed by atoms with Crippen molar-refractivity contribution in [2.75, 3.05) is 20.1 Å². The van der Waals surface area contributed by atoms with Crippen LogP contribution >= 0.6 is 0 Å². The van der Waals surface area contributed by atoms with Gasteiger partial charge in [0.25, 0.3) is 0 Å². The number of fused-ring (bicyclic) bond motifs is 1. The zero-order chi connectivity index (χ0) is 17.9. The predicted molar refractivity (Wildman–Crippen MR) is 106 cm³/mol. The summed E-state index contributed by atoms with van der Waals surface area (Å²) in [6.07, 6.45) is 9.84. The predicted octanol–water partition coefficient (Wildman–Crippen LogP) is 2.56. The van der Waals surface area contributed by atoms with Crippen LogP contribution in [0.2, 0.25) is 0 Å². The van der Waals surface area contributed by atoms with Gasteiger partial charge >= 0.3 is 0 Å². The molecule has 0 atom stereocenters. The van der Waals surface area contributed by atoms with Crippen molar-refractivity contribution in [2.24, 2.45) is 4.99 Å². The van der Waals surface area contributed by atoms with Crippen LogP contribution in [0, 0.1) is 0 Å². The van der Waals surface area contributed by atoms with Gasteiger partial charge in [0.1, 0.15) is 5.75 Å². The molecule has 26 heavy (non-hydrogen) atoms. The van der Waals surface area contributed by atoms with E-state index < -0.39 is 0 Å². The van der Waals surface area contributed by atoms with E-state index >= 15 is 0 Å². The summed E-state index contributed by atoms with van der Waals surface area (Å²) in [5.74, 6) is 1.26. The summed E-state index contributed by atoms with van der Waals surface area (Å²) in [7, 11) is 1.83.